The third-order valence-electron chi connectivity index (χ3n) is 4.27. The van der Waals surface area contributed by atoms with Gasteiger partial charge in [0.2, 0.25) is 16.0 Å². The van der Waals surface area contributed by atoms with Crippen LogP contribution in [0.5, 0.6) is 0 Å². The third-order valence-corrected chi connectivity index (χ3v) is 5.19. The average Bonchev–Trinajstić information content (AvgIpc) is 2.69. The quantitative estimate of drug-likeness (QED) is 0.526. The van der Waals surface area contributed by atoms with E-state index < -0.39 is 15.8 Å². The summed E-state index contributed by atoms with van der Waals surface area (Å²) in [6.45, 7) is 1.92. The Kier molecular flexibility index (Phi) is 6.25. The van der Waals surface area contributed by atoms with E-state index in [1.165, 1.54) is 18.2 Å². The summed E-state index contributed by atoms with van der Waals surface area (Å²) in [4.78, 5) is 7.94. The highest BCUT2D eigenvalue weighted by Gasteiger charge is 2.11. The number of halogens is 1. The third kappa shape index (κ3) is 5.28. The van der Waals surface area contributed by atoms with E-state index in [4.69, 9.17) is 10.4 Å². The molecule has 0 aliphatic rings. The predicted molar refractivity (Wildman–Crippen MR) is 111 cm³/mol. The molecule has 0 atom stereocenters. The van der Waals surface area contributed by atoms with E-state index in [1.807, 2.05) is 19.1 Å². The van der Waals surface area contributed by atoms with Crippen molar-refractivity contribution in [1.82, 2.24) is 9.97 Å². The largest absolute Gasteiger partial charge is 0.338 e. The van der Waals surface area contributed by atoms with Crippen molar-refractivity contribution in [2.45, 2.75) is 24.7 Å². The van der Waals surface area contributed by atoms with Gasteiger partial charge in [-0.2, -0.15) is 10.2 Å². The van der Waals surface area contributed by atoms with Crippen LogP contribution in [0.2, 0.25) is 0 Å². The minimum Gasteiger partial charge on any atom is -0.338 e. The van der Waals surface area contributed by atoms with Crippen LogP contribution in [0.25, 0.3) is 0 Å². The maximum atomic E-state index is 14.2. The number of nitrogens with zero attached hydrogens (tertiary/aromatic N) is 3. The summed E-state index contributed by atoms with van der Waals surface area (Å²) in [7, 11) is -3.86. The number of hydrogen-bond donors (Lipinski definition) is 3. The van der Waals surface area contributed by atoms with Crippen LogP contribution >= 0.6 is 0 Å². The normalized spacial score (nSPS) is 11.0. The first-order valence-corrected chi connectivity index (χ1v) is 10.5. The zero-order chi connectivity index (χ0) is 21.7. The van der Waals surface area contributed by atoms with Gasteiger partial charge in [-0.15, -0.1) is 0 Å². The molecule has 1 heterocycles. The van der Waals surface area contributed by atoms with Crippen molar-refractivity contribution in [3.8, 4) is 6.07 Å². The van der Waals surface area contributed by atoms with Gasteiger partial charge < -0.3 is 10.6 Å². The molecule has 30 heavy (non-hydrogen) atoms. The SMILES string of the molecule is Cc1cc(Nc2nc(Nc3cccc(S(N)(=O)=O)c3)ncc2F)ccc1CCC#N. The Hall–Kier alpha value is -3.55. The van der Waals surface area contributed by atoms with Crippen LogP contribution in [0, 0.1) is 24.1 Å². The maximum Gasteiger partial charge on any atom is 0.238 e. The lowest BCUT2D eigenvalue weighted by Crippen LogP contribution is -2.12. The van der Waals surface area contributed by atoms with Gasteiger partial charge in [-0.05, 0) is 54.8 Å². The summed E-state index contributed by atoms with van der Waals surface area (Å²) in [5, 5.41) is 19.6. The molecule has 3 aromatic rings. The topological polar surface area (TPSA) is 134 Å². The van der Waals surface area contributed by atoms with Gasteiger partial charge in [0, 0.05) is 17.8 Å². The molecule has 0 fully saturated rings. The second-order valence-electron chi connectivity index (χ2n) is 6.51. The summed E-state index contributed by atoms with van der Waals surface area (Å²) in [5.74, 6) is -0.614. The fraction of sp³-hybridized carbons (Fsp3) is 0.150. The molecule has 0 aliphatic heterocycles. The molecule has 0 amide bonds. The van der Waals surface area contributed by atoms with Gasteiger partial charge in [-0.1, -0.05) is 12.1 Å². The summed E-state index contributed by atoms with van der Waals surface area (Å²) in [6, 6.07) is 13.4. The molecule has 154 valence electrons. The van der Waals surface area contributed by atoms with Crippen molar-refractivity contribution in [2.75, 3.05) is 10.6 Å². The van der Waals surface area contributed by atoms with Crippen LogP contribution in [0.1, 0.15) is 17.5 Å². The summed E-state index contributed by atoms with van der Waals surface area (Å²) < 4.78 is 37.2. The number of hydrogen-bond acceptors (Lipinski definition) is 7. The van der Waals surface area contributed by atoms with Crippen molar-refractivity contribution in [3.63, 3.8) is 0 Å². The van der Waals surface area contributed by atoms with Crippen LogP contribution in [-0.2, 0) is 16.4 Å². The minimum absolute atomic E-state index is 0.0423. The monoisotopic (exact) mass is 426 g/mol. The van der Waals surface area contributed by atoms with Crippen LogP contribution in [0.3, 0.4) is 0 Å². The number of aromatic nitrogens is 2. The molecule has 0 spiro atoms. The number of benzene rings is 2. The lowest BCUT2D eigenvalue weighted by molar-refractivity contribution is 0.598. The van der Waals surface area contributed by atoms with Crippen LogP contribution < -0.4 is 15.8 Å². The van der Waals surface area contributed by atoms with Gasteiger partial charge in [-0.25, -0.2) is 22.9 Å². The van der Waals surface area contributed by atoms with Crippen LogP contribution in [-0.4, -0.2) is 18.4 Å². The Bertz CT molecular complexity index is 1220. The van der Waals surface area contributed by atoms with E-state index in [0.29, 0.717) is 24.2 Å². The second kappa shape index (κ2) is 8.86. The molecule has 10 heteroatoms. The van der Waals surface area contributed by atoms with Gasteiger partial charge in [0.25, 0.3) is 0 Å². The molecule has 1 aromatic heterocycles. The minimum atomic E-state index is -3.86. The van der Waals surface area contributed by atoms with Crippen molar-refractivity contribution in [1.29, 1.82) is 5.26 Å². The van der Waals surface area contributed by atoms with E-state index in [9.17, 15) is 12.8 Å². The fourth-order valence-electron chi connectivity index (χ4n) is 2.78. The van der Waals surface area contributed by atoms with Crippen molar-refractivity contribution in [2.24, 2.45) is 5.14 Å². The molecule has 8 nitrogen and oxygen atoms in total. The number of aryl methyl sites for hydroxylation is 2. The maximum absolute atomic E-state index is 14.2. The summed E-state index contributed by atoms with van der Waals surface area (Å²) in [6.07, 6.45) is 2.08. The van der Waals surface area contributed by atoms with Gasteiger partial charge in [-0.3, -0.25) is 0 Å². The van der Waals surface area contributed by atoms with Gasteiger partial charge in [0.15, 0.2) is 11.6 Å². The highest BCUT2D eigenvalue weighted by Crippen LogP contribution is 2.23. The average molecular weight is 426 g/mol. The molecule has 0 bridgehead atoms. The Morgan fingerprint density at radius 1 is 1.17 bits per heavy atom. The number of nitriles is 1. The first-order valence-electron chi connectivity index (χ1n) is 8.92. The smallest absolute Gasteiger partial charge is 0.238 e. The first-order chi connectivity index (χ1) is 14.3. The molecule has 0 unspecified atom stereocenters. The van der Waals surface area contributed by atoms with Gasteiger partial charge >= 0.3 is 0 Å². The van der Waals surface area contributed by atoms with E-state index in [-0.39, 0.29) is 16.7 Å². The lowest BCUT2D eigenvalue weighted by Gasteiger charge is -2.12. The number of anilines is 4. The molecule has 2 aromatic carbocycles. The number of primary sulfonamides is 1. The van der Waals surface area contributed by atoms with Gasteiger partial charge in [0.05, 0.1) is 17.2 Å². The highest BCUT2D eigenvalue weighted by atomic mass is 32.2. The Labute approximate surface area is 173 Å². The molecule has 0 saturated carbocycles. The molecule has 4 N–H and O–H groups in total. The summed E-state index contributed by atoms with van der Waals surface area (Å²) >= 11 is 0. The van der Waals surface area contributed by atoms with E-state index in [2.05, 4.69) is 26.7 Å². The van der Waals surface area contributed by atoms with Gasteiger partial charge in [0.1, 0.15) is 0 Å². The van der Waals surface area contributed by atoms with E-state index in [1.54, 1.807) is 12.1 Å². The molecule has 0 radical (unpaired) electrons. The number of nitrogens with one attached hydrogen (secondary N) is 2. The van der Waals surface area contributed by atoms with Crippen LogP contribution in [0.4, 0.5) is 27.5 Å². The lowest BCUT2D eigenvalue weighted by atomic mass is 10.0. The van der Waals surface area contributed by atoms with Crippen molar-refractivity contribution < 1.29 is 12.8 Å². The first kappa shape index (κ1) is 21.2. The molecule has 0 saturated heterocycles. The fourth-order valence-corrected chi connectivity index (χ4v) is 3.34. The Morgan fingerprint density at radius 3 is 2.63 bits per heavy atom. The second-order valence-corrected chi connectivity index (χ2v) is 8.07. The number of nitrogens with two attached hydrogens (primary N) is 1. The highest BCUT2D eigenvalue weighted by molar-refractivity contribution is 7.89. The van der Waals surface area contributed by atoms with Crippen molar-refractivity contribution in [3.05, 3.63) is 65.6 Å². The van der Waals surface area contributed by atoms with E-state index >= 15 is 0 Å². The molecule has 3 rings (SSSR count). The molecular formula is C20H19FN6O2S. The molecule has 0 aliphatic carbocycles. The zero-order valence-corrected chi connectivity index (χ0v) is 16.9. The number of sulfonamides is 1. The number of rotatable bonds is 7. The molecular weight excluding hydrogens is 407 g/mol. The van der Waals surface area contributed by atoms with Crippen molar-refractivity contribution >= 4 is 33.2 Å². The predicted octanol–water partition coefficient (Wildman–Crippen LogP) is 3.51. The zero-order valence-electron chi connectivity index (χ0n) is 16.1. The Balaban J connectivity index is 1.81. The standard InChI is InChI=1S/C20H19FN6O2S/c1-13-10-16(8-7-14(13)4-3-9-22)25-19-18(21)12-24-20(27-19)26-15-5-2-6-17(11-15)30(23,28)29/h2,5-8,10-12H,3-4H2,1H3,(H2,23,28,29)(H2,24,25,26,27). The van der Waals surface area contributed by atoms with E-state index in [0.717, 1.165) is 17.3 Å². The van der Waals surface area contributed by atoms with Crippen LogP contribution in [0.15, 0.2) is 53.6 Å². The summed E-state index contributed by atoms with van der Waals surface area (Å²) in [5.41, 5.74) is 3.04. The Morgan fingerprint density at radius 2 is 1.93 bits per heavy atom.